The van der Waals surface area contributed by atoms with Crippen LogP contribution in [0.5, 0.6) is 0 Å². The van der Waals surface area contributed by atoms with Crippen molar-refractivity contribution in [1.29, 1.82) is 0 Å². The van der Waals surface area contributed by atoms with Crippen LogP contribution >= 0.6 is 23.5 Å². The van der Waals surface area contributed by atoms with Crippen LogP contribution in [0.15, 0.2) is 35.2 Å². The van der Waals surface area contributed by atoms with Crippen molar-refractivity contribution in [3.05, 3.63) is 30.3 Å². The number of carbonyl (C=O) groups excluding carboxylic acids is 2. The predicted molar refractivity (Wildman–Crippen MR) is 83.8 cm³/mol. The van der Waals surface area contributed by atoms with Crippen LogP contribution in [0.4, 0.5) is 0 Å². The number of hydrogen-bond donors (Lipinski definition) is 0. The van der Waals surface area contributed by atoms with E-state index in [1.165, 1.54) is 11.8 Å². The van der Waals surface area contributed by atoms with Gasteiger partial charge in [-0.05, 0) is 12.1 Å². The maximum absolute atomic E-state index is 12.3. The van der Waals surface area contributed by atoms with Crippen molar-refractivity contribution in [1.82, 2.24) is 9.80 Å². The summed E-state index contributed by atoms with van der Waals surface area (Å²) in [6.45, 7) is 0. The van der Waals surface area contributed by atoms with Crippen LogP contribution in [0.1, 0.15) is 0 Å². The van der Waals surface area contributed by atoms with Crippen molar-refractivity contribution in [3.63, 3.8) is 0 Å². The summed E-state index contributed by atoms with van der Waals surface area (Å²) in [5.41, 5.74) is 0. The Bertz CT molecular complexity index is 479. The Morgan fingerprint density at radius 3 is 2.70 bits per heavy atom. The van der Waals surface area contributed by atoms with Crippen LogP contribution in [0, 0.1) is 0 Å². The van der Waals surface area contributed by atoms with Crippen molar-refractivity contribution in [2.45, 2.75) is 10.9 Å². The van der Waals surface area contributed by atoms with Crippen molar-refractivity contribution < 1.29 is 9.59 Å². The van der Waals surface area contributed by atoms with E-state index >= 15 is 0 Å². The molecule has 1 atom stereocenters. The molecule has 2 amide bonds. The number of hydrogen-bond acceptors (Lipinski definition) is 4. The first-order valence-corrected chi connectivity index (χ1v) is 8.50. The second-order valence-corrected chi connectivity index (χ2v) is 6.76. The molecule has 0 aliphatic carbocycles. The van der Waals surface area contributed by atoms with E-state index in [1.807, 2.05) is 30.3 Å². The number of carbonyl (C=O) groups is 2. The molecule has 1 saturated heterocycles. The second kappa shape index (κ2) is 7.04. The van der Waals surface area contributed by atoms with Gasteiger partial charge in [-0.1, -0.05) is 18.2 Å². The van der Waals surface area contributed by atoms with E-state index in [2.05, 4.69) is 0 Å². The molecule has 1 aromatic carbocycles. The molecule has 0 unspecified atom stereocenters. The lowest BCUT2D eigenvalue weighted by molar-refractivity contribution is -0.140. The lowest BCUT2D eigenvalue weighted by Crippen LogP contribution is -2.47. The molecule has 0 N–H and O–H groups in total. The number of likely N-dealkylation sites (N-methyl/N-ethyl adjacent to an activating group) is 1. The third-order valence-corrected chi connectivity index (χ3v) is 5.04. The van der Waals surface area contributed by atoms with Gasteiger partial charge >= 0.3 is 0 Å². The first-order chi connectivity index (χ1) is 9.59. The zero-order valence-electron chi connectivity index (χ0n) is 11.6. The Hall–Kier alpha value is -1.14. The largest absolute Gasteiger partial charge is 0.347 e. The third-order valence-electron chi connectivity index (χ3n) is 3.03. The van der Waals surface area contributed by atoms with Gasteiger partial charge in [0.2, 0.25) is 11.8 Å². The fourth-order valence-corrected chi connectivity index (χ4v) is 3.91. The van der Waals surface area contributed by atoms with Crippen LogP contribution in [0.3, 0.4) is 0 Å². The van der Waals surface area contributed by atoms with Gasteiger partial charge in [0.15, 0.2) is 0 Å². The Morgan fingerprint density at radius 2 is 2.05 bits per heavy atom. The molecule has 4 nitrogen and oxygen atoms in total. The highest BCUT2D eigenvalue weighted by molar-refractivity contribution is 8.00. The molecule has 1 heterocycles. The van der Waals surface area contributed by atoms with Gasteiger partial charge in [-0.15, -0.1) is 23.5 Å². The van der Waals surface area contributed by atoms with E-state index in [0.717, 1.165) is 4.90 Å². The maximum Gasteiger partial charge on any atom is 0.245 e. The molecule has 1 fully saturated rings. The number of rotatable bonds is 4. The Kier molecular flexibility index (Phi) is 5.37. The minimum Gasteiger partial charge on any atom is -0.347 e. The molecule has 0 spiro atoms. The lowest BCUT2D eigenvalue weighted by Gasteiger charge is -2.25. The molecule has 0 aromatic heterocycles. The molecule has 1 aliphatic rings. The summed E-state index contributed by atoms with van der Waals surface area (Å²) in [4.78, 5) is 28.6. The first kappa shape index (κ1) is 15.3. The molecular formula is C14H18N2O2S2. The fourth-order valence-electron chi connectivity index (χ4n) is 1.94. The van der Waals surface area contributed by atoms with E-state index in [0.29, 0.717) is 17.4 Å². The molecule has 108 valence electrons. The van der Waals surface area contributed by atoms with Crippen molar-refractivity contribution >= 4 is 35.3 Å². The van der Waals surface area contributed by atoms with Gasteiger partial charge in [0, 0.05) is 24.7 Å². The van der Waals surface area contributed by atoms with Crippen LogP contribution in [0.2, 0.25) is 0 Å². The summed E-state index contributed by atoms with van der Waals surface area (Å²) in [6, 6.07) is 9.53. The SMILES string of the molecule is CN(C)C(=O)[C@H]1CSCN1C(=O)CSc1ccccc1. The van der Waals surface area contributed by atoms with E-state index < -0.39 is 0 Å². The highest BCUT2D eigenvalue weighted by Crippen LogP contribution is 2.24. The first-order valence-electron chi connectivity index (χ1n) is 6.36. The van der Waals surface area contributed by atoms with Gasteiger partial charge < -0.3 is 9.80 Å². The lowest BCUT2D eigenvalue weighted by atomic mass is 10.2. The van der Waals surface area contributed by atoms with Gasteiger partial charge in [0.25, 0.3) is 0 Å². The average Bonchev–Trinajstić information content (AvgIpc) is 2.94. The number of amides is 2. The molecule has 6 heteroatoms. The molecule has 0 saturated carbocycles. The minimum atomic E-state index is -0.307. The molecule has 1 aromatic rings. The van der Waals surface area contributed by atoms with Crippen molar-refractivity contribution in [3.8, 4) is 0 Å². The fraction of sp³-hybridized carbons (Fsp3) is 0.429. The zero-order valence-corrected chi connectivity index (χ0v) is 13.2. The van der Waals surface area contributed by atoms with Gasteiger partial charge in [-0.3, -0.25) is 9.59 Å². The summed E-state index contributed by atoms with van der Waals surface area (Å²) in [6.07, 6.45) is 0. The maximum atomic E-state index is 12.3. The van der Waals surface area contributed by atoms with Crippen LogP contribution < -0.4 is 0 Å². The predicted octanol–water partition coefficient (Wildman–Crippen LogP) is 1.77. The normalized spacial score (nSPS) is 18.1. The minimum absolute atomic E-state index is 0.00746. The number of nitrogens with zero attached hydrogens (tertiary/aromatic N) is 2. The van der Waals surface area contributed by atoms with Crippen LogP contribution in [0.25, 0.3) is 0 Å². The standard InChI is InChI=1S/C14H18N2O2S2/c1-15(2)14(18)12-8-19-10-16(12)13(17)9-20-11-6-4-3-5-7-11/h3-7,12H,8-10H2,1-2H3/t12-/m1/s1. The summed E-state index contributed by atoms with van der Waals surface area (Å²) >= 11 is 3.15. The topological polar surface area (TPSA) is 40.6 Å². The quantitative estimate of drug-likeness (QED) is 0.795. The van der Waals surface area contributed by atoms with Crippen LogP contribution in [-0.4, -0.2) is 59.1 Å². The Morgan fingerprint density at radius 1 is 1.35 bits per heavy atom. The van der Waals surface area contributed by atoms with Crippen LogP contribution in [-0.2, 0) is 9.59 Å². The molecular weight excluding hydrogens is 292 g/mol. The summed E-state index contributed by atoms with van der Waals surface area (Å²) in [7, 11) is 3.46. The highest BCUT2D eigenvalue weighted by Gasteiger charge is 2.35. The number of benzene rings is 1. The second-order valence-electron chi connectivity index (χ2n) is 4.71. The highest BCUT2D eigenvalue weighted by atomic mass is 32.2. The molecule has 1 aliphatic heterocycles. The summed E-state index contributed by atoms with van der Waals surface area (Å²) < 4.78 is 0. The average molecular weight is 310 g/mol. The van der Waals surface area contributed by atoms with Crippen molar-refractivity contribution in [2.75, 3.05) is 31.5 Å². The molecule has 0 bridgehead atoms. The number of thioether (sulfide) groups is 2. The Labute approximate surface area is 127 Å². The van der Waals surface area contributed by atoms with Gasteiger partial charge in [0.05, 0.1) is 11.6 Å². The Balaban J connectivity index is 1.93. The van der Waals surface area contributed by atoms with Gasteiger partial charge in [-0.25, -0.2) is 0 Å². The van der Waals surface area contributed by atoms with Gasteiger partial charge in [0.1, 0.15) is 6.04 Å². The third kappa shape index (κ3) is 3.70. The van der Waals surface area contributed by atoms with Crippen molar-refractivity contribution in [2.24, 2.45) is 0 Å². The van der Waals surface area contributed by atoms with E-state index in [9.17, 15) is 9.59 Å². The van der Waals surface area contributed by atoms with E-state index in [4.69, 9.17) is 0 Å². The molecule has 2 rings (SSSR count). The van der Waals surface area contributed by atoms with Gasteiger partial charge in [-0.2, -0.15) is 0 Å². The summed E-state index contributed by atoms with van der Waals surface area (Å²) in [5.74, 6) is 1.72. The molecule has 20 heavy (non-hydrogen) atoms. The summed E-state index contributed by atoms with van der Waals surface area (Å²) in [5, 5.41) is 0. The zero-order chi connectivity index (χ0) is 14.5. The van der Waals surface area contributed by atoms with E-state index in [1.54, 1.807) is 35.7 Å². The van der Waals surface area contributed by atoms with E-state index in [-0.39, 0.29) is 17.9 Å². The smallest absolute Gasteiger partial charge is 0.245 e. The molecule has 0 radical (unpaired) electrons. The monoisotopic (exact) mass is 310 g/mol.